The molecule has 1 fully saturated rings. The first-order valence-corrected chi connectivity index (χ1v) is 12.5. The summed E-state index contributed by atoms with van der Waals surface area (Å²) in [5, 5.41) is 14.8. The van der Waals surface area contributed by atoms with E-state index in [0.29, 0.717) is 32.4 Å². The van der Waals surface area contributed by atoms with E-state index >= 15 is 0 Å². The number of carbonyl (C=O) groups excluding carboxylic acids is 2. The molecule has 0 saturated heterocycles. The molecule has 2 amide bonds. The molecule has 35 heavy (non-hydrogen) atoms. The van der Waals surface area contributed by atoms with Crippen LogP contribution in [0.1, 0.15) is 62.5 Å². The van der Waals surface area contributed by atoms with Gasteiger partial charge in [-0.2, -0.15) is 0 Å². The van der Waals surface area contributed by atoms with Gasteiger partial charge in [-0.15, -0.1) is 0 Å². The zero-order valence-electron chi connectivity index (χ0n) is 20.2. The van der Waals surface area contributed by atoms with Crippen molar-refractivity contribution in [2.45, 2.75) is 57.4 Å². The van der Waals surface area contributed by atoms with Crippen molar-refractivity contribution in [3.63, 3.8) is 0 Å². The van der Waals surface area contributed by atoms with Gasteiger partial charge in [-0.1, -0.05) is 55.5 Å². The van der Waals surface area contributed by atoms with E-state index in [1.54, 1.807) is 6.92 Å². The summed E-state index contributed by atoms with van der Waals surface area (Å²) < 4.78 is 5.65. The summed E-state index contributed by atoms with van der Waals surface area (Å²) in [6.07, 6.45) is 3.69. The Morgan fingerprint density at radius 3 is 2.34 bits per heavy atom. The minimum absolute atomic E-state index is 0.0138. The summed E-state index contributed by atoms with van der Waals surface area (Å²) >= 11 is 0. The summed E-state index contributed by atoms with van der Waals surface area (Å²) in [7, 11) is 0. The molecule has 0 heterocycles. The SMILES string of the molecule is CC(CCCNC(=O)C[C@@H]1CC[C@H](NC(=O)OCC2c3ccccc3-c3ccccc32)C1)C(=O)O. The molecule has 2 aromatic rings. The Kier molecular flexibility index (Phi) is 8.06. The molecule has 0 aromatic heterocycles. The second-order valence-electron chi connectivity index (χ2n) is 9.78. The van der Waals surface area contributed by atoms with Crippen LogP contribution < -0.4 is 10.6 Å². The number of carboxylic acid groups (broad SMARTS) is 1. The number of hydrogen-bond acceptors (Lipinski definition) is 4. The lowest BCUT2D eigenvalue weighted by Crippen LogP contribution is -2.34. The van der Waals surface area contributed by atoms with Crippen LogP contribution in [0.2, 0.25) is 0 Å². The smallest absolute Gasteiger partial charge is 0.407 e. The molecule has 0 bridgehead atoms. The minimum Gasteiger partial charge on any atom is -0.481 e. The van der Waals surface area contributed by atoms with Crippen LogP contribution in [0.4, 0.5) is 4.79 Å². The Balaban J connectivity index is 1.18. The molecular weight excluding hydrogens is 444 g/mol. The van der Waals surface area contributed by atoms with Gasteiger partial charge < -0.3 is 20.5 Å². The molecule has 0 spiro atoms. The van der Waals surface area contributed by atoms with E-state index in [9.17, 15) is 14.4 Å². The lowest BCUT2D eigenvalue weighted by Gasteiger charge is -2.17. The first kappa shape index (κ1) is 24.8. The van der Waals surface area contributed by atoms with Crippen molar-refractivity contribution in [1.29, 1.82) is 0 Å². The largest absolute Gasteiger partial charge is 0.481 e. The van der Waals surface area contributed by atoms with Gasteiger partial charge in [0, 0.05) is 24.9 Å². The van der Waals surface area contributed by atoms with Gasteiger partial charge in [-0.25, -0.2) is 4.79 Å². The summed E-state index contributed by atoms with van der Waals surface area (Å²) in [4.78, 5) is 35.6. The van der Waals surface area contributed by atoms with Crippen LogP contribution in [0, 0.1) is 11.8 Å². The normalized spacial score (nSPS) is 19.5. The van der Waals surface area contributed by atoms with E-state index in [0.717, 1.165) is 19.3 Å². The first-order valence-electron chi connectivity index (χ1n) is 12.5. The third-order valence-electron chi connectivity index (χ3n) is 7.24. The number of fused-ring (bicyclic) bond motifs is 3. The number of hydrogen-bond donors (Lipinski definition) is 3. The van der Waals surface area contributed by atoms with E-state index in [1.165, 1.54) is 22.3 Å². The van der Waals surface area contributed by atoms with E-state index in [-0.39, 0.29) is 23.8 Å². The molecule has 7 heteroatoms. The standard InChI is InChI=1S/C28H34N2O5/c1-18(27(32)33)7-6-14-29-26(31)16-19-12-13-20(15-19)30-28(34)35-17-25-23-10-4-2-8-21(23)22-9-3-5-11-24(22)25/h2-5,8-11,18-20,25H,6-7,12-17H2,1H3,(H,29,31)(H,30,34)(H,32,33)/t18?,19-,20+/m1/s1. The maximum atomic E-state index is 12.5. The van der Waals surface area contributed by atoms with Gasteiger partial charge in [0.25, 0.3) is 0 Å². The van der Waals surface area contributed by atoms with Gasteiger partial charge >= 0.3 is 12.1 Å². The monoisotopic (exact) mass is 478 g/mol. The van der Waals surface area contributed by atoms with Crippen LogP contribution in [0.5, 0.6) is 0 Å². The number of rotatable bonds is 10. The van der Waals surface area contributed by atoms with Crippen molar-refractivity contribution in [3.8, 4) is 11.1 Å². The molecule has 186 valence electrons. The summed E-state index contributed by atoms with van der Waals surface area (Å²) in [5.41, 5.74) is 4.77. The van der Waals surface area contributed by atoms with Gasteiger partial charge in [0.2, 0.25) is 5.91 Å². The highest BCUT2D eigenvalue weighted by Crippen LogP contribution is 2.44. The number of nitrogens with one attached hydrogen (secondary N) is 2. The molecule has 7 nitrogen and oxygen atoms in total. The van der Waals surface area contributed by atoms with Crippen LogP contribution in [0.25, 0.3) is 11.1 Å². The number of aliphatic carboxylic acids is 1. The molecule has 3 N–H and O–H groups in total. The fraction of sp³-hybridized carbons (Fsp3) is 0.464. The first-order chi connectivity index (χ1) is 16.9. The molecule has 4 rings (SSSR count). The number of alkyl carbamates (subject to hydrolysis) is 1. The minimum atomic E-state index is -0.808. The van der Waals surface area contributed by atoms with Gasteiger partial charge in [0.1, 0.15) is 6.61 Å². The predicted molar refractivity (Wildman–Crippen MR) is 133 cm³/mol. The van der Waals surface area contributed by atoms with Crippen molar-refractivity contribution in [2.24, 2.45) is 11.8 Å². The highest BCUT2D eigenvalue weighted by atomic mass is 16.5. The van der Waals surface area contributed by atoms with Crippen LogP contribution in [-0.4, -0.2) is 42.3 Å². The Hall–Kier alpha value is -3.35. The molecule has 2 aromatic carbocycles. The number of ether oxygens (including phenoxy) is 1. The molecule has 1 unspecified atom stereocenters. The molecule has 0 aliphatic heterocycles. The Labute approximate surface area is 206 Å². The zero-order chi connectivity index (χ0) is 24.8. The third-order valence-corrected chi connectivity index (χ3v) is 7.24. The van der Waals surface area contributed by atoms with Gasteiger partial charge in [0.05, 0.1) is 5.92 Å². The fourth-order valence-electron chi connectivity index (χ4n) is 5.29. The van der Waals surface area contributed by atoms with Gasteiger partial charge in [-0.3, -0.25) is 9.59 Å². The predicted octanol–water partition coefficient (Wildman–Crippen LogP) is 4.70. The van der Waals surface area contributed by atoms with E-state index in [1.807, 2.05) is 24.3 Å². The van der Waals surface area contributed by atoms with Crippen molar-refractivity contribution in [1.82, 2.24) is 10.6 Å². The van der Waals surface area contributed by atoms with E-state index < -0.39 is 18.0 Å². The number of carbonyl (C=O) groups is 3. The molecule has 0 radical (unpaired) electrons. The summed E-state index contributed by atoms with van der Waals surface area (Å²) in [6, 6.07) is 16.5. The lowest BCUT2D eigenvalue weighted by atomic mass is 9.98. The van der Waals surface area contributed by atoms with Gasteiger partial charge in [-0.05, 0) is 60.3 Å². The topological polar surface area (TPSA) is 105 Å². The number of carboxylic acids is 1. The molecular formula is C28H34N2O5. The van der Waals surface area contributed by atoms with Crippen LogP contribution in [-0.2, 0) is 14.3 Å². The van der Waals surface area contributed by atoms with Gasteiger partial charge in [0.15, 0.2) is 0 Å². The van der Waals surface area contributed by atoms with Crippen LogP contribution in [0.15, 0.2) is 48.5 Å². The average Bonchev–Trinajstić information content (AvgIpc) is 3.42. The number of benzene rings is 2. The van der Waals surface area contributed by atoms with Crippen molar-refractivity contribution in [2.75, 3.05) is 13.2 Å². The van der Waals surface area contributed by atoms with Crippen molar-refractivity contribution in [3.05, 3.63) is 59.7 Å². The lowest BCUT2D eigenvalue weighted by molar-refractivity contribution is -0.141. The van der Waals surface area contributed by atoms with Crippen LogP contribution in [0.3, 0.4) is 0 Å². The number of amides is 2. The van der Waals surface area contributed by atoms with E-state index in [4.69, 9.17) is 9.84 Å². The zero-order valence-corrected chi connectivity index (χ0v) is 20.2. The highest BCUT2D eigenvalue weighted by Gasteiger charge is 2.31. The fourth-order valence-corrected chi connectivity index (χ4v) is 5.29. The molecule has 1 saturated carbocycles. The maximum absolute atomic E-state index is 12.5. The quantitative estimate of drug-likeness (QED) is 0.429. The van der Waals surface area contributed by atoms with Crippen molar-refractivity contribution >= 4 is 18.0 Å². The van der Waals surface area contributed by atoms with Crippen molar-refractivity contribution < 1.29 is 24.2 Å². The second-order valence-corrected chi connectivity index (χ2v) is 9.78. The van der Waals surface area contributed by atoms with E-state index in [2.05, 4.69) is 34.9 Å². The molecule has 2 aliphatic rings. The maximum Gasteiger partial charge on any atom is 0.407 e. The van der Waals surface area contributed by atoms with Crippen LogP contribution >= 0.6 is 0 Å². The summed E-state index contributed by atoms with van der Waals surface area (Å²) in [5.74, 6) is -0.957. The average molecular weight is 479 g/mol. The summed E-state index contributed by atoms with van der Waals surface area (Å²) in [6.45, 7) is 2.45. The second kappa shape index (κ2) is 11.4. The molecule has 2 aliphatic carbocycles. The Bertz CT molecular complexity index is 1020. The Morgan fingerprint density at radius 1 is 1.03 bits per heavy atom. The highest BCUT2D eigenvalue weighted by molar-refractivity contribution is 5.79. The molecule has 3 atom stereocenters. The third kappa shape index (κ3) is 6.21. The Morgan fingerprint density at radius 2 is 1.69 bits per heavy atom.